The number of hydrogen-bond donors (Lipinski definition) is 1. The minimum atomic E-state index is -0.0462. The van der Waals surface area contributed by atoms with E-state index in [1.165, 1.54) is 25.2 Å². The lowest BCUT2D eigenvalue weighted by Gasteiger charge is -2.44. The second-order valence-corrected chi connectivity index (χ2v) is 6.61. The minimum absolute atomic E-state index is 0.0462. The van der Waals surface area contributed by atoms with E-state index in [0.29, 0.717) is 22.8 Å². The summed E-state index contributed by atoms with van der Waals surface area (Å²) in [5.74, 6) is 1.36. The molecule has 1 aromatic carbocycles. The molecule has 2 aromatic rings. The van der Waals surface area contributed by atoms with Gasteiger partial charge in [-0.1, -0.05) is 0 Å². The van der Waals surface area contributed by atoms with Gasteiger partial charge in [-0.2, -0.15) is 5.26 Å². The van der Waals surface area contributed by atoms with Crippen LogP contribution in [0.4, 0.5) is 0 Å². The molecular formula is C19H19N3O3. The van der Waals surface area contributed by atoms with Gasteiger partial charge in [0.25, 0.3) is 11.9 Å². The minimum Gasteiger partial charge on any atom is -0.433 e. The van der Waals surface area contributed by atoms with E-state index in [9.17, 15) is 4.79 Å². The van der Waals surface area contributed by atoms with Crippen LogP contribution in [0.15, 0.2) is 41.0 Å². The van der Waals surface area contributed by atoms with Gasteiger partial charge in [-0.15, -0.1) is 0 Å². The molecule has 1 amide bonds. The van der Waals surface area contributed by atoms with Crippen LogP contribution in [0.2, 0.25) is 0 Å². The number of furan rings is 1. The summed E-state index contributed by atoms with van der Waals surface area (Å²) >= 11 is 0. The molecule has 6 heteroatoms. The number of hydrogen-bond acceptors (Lipinski definition) is 5. The molecule has 1 aromatic heterocycles. The zero-order chi connectivity index (χ0) is 17.2. The van der Waals surface area contributed by atoms with Gasteiger partial charge < -0.3 is 19.4 Å². The number of nitriles is 1. The van der Waals surface area contributed by atoms with E-state index >= 15 is 0 Å². The molecule has 1 unspecified atom stereocenters. The fourth-order valence-corrected chi connectivity index (χ4v) is 3.60. The Hall–Kier alpha value is -2.78. The van der Waals surface area contributed by atoms with Gasteiger partial charge in [0, 0.05) is 24.2 Å². The zero-order valence-corrected chi connectivity index (χ0v) is 13.8. The Kier molecular flexibility index (Phi) is 4.16. The van der Waals surface area contributed by atoms with Gasteiger partial charge in [-0.3, -0.25) is 4.79 Å². The summed E-state index contributed by atoms with van der Waals surface area (Å²) in [6.45, 7) is 3.27. The van der Waals surface area contributed by atoms with E-state index < -0.39 is 0 Å². The van der Waals surface area contributed by atoms with Crippen molar-refractivity contribution < 1.29 is 13.9 Å². The van der Waals surface area contributed by atoms with Crippen molar-refractivity contribution in [3.8, 4) is 17.8 Å². The van der Waals surface area contributed by atoms with Gasteiger partial charge in [-0.05, 0) is 56.1 Å². The summed E-state index contributed by atoms with van der Waals surface area (Å²) in [5, 5.41) is 11.9. The van der Waals surface area contributed by atoms with Crippen LogP contribution < -0.4 is 10.1 Å². The molecule has 0 aliphatic carbocycles. The quantitative estimate of drug-likeness (QED) is 0.928. The normalized spacial score (nSPS) is 24.5. The Morgan fingerprint density at radius 3 is 2.64 bits per heavy atom. The Labute approximate surface area is 146 Å². The first kappa shape index (κ1) is 15.7. The number of ether oxygens (including phenoxy) is 1. The number of amides is 1. The summed E-state index contributed by atoms with van der Waals surface area (Å²) in [6, 6.07) is 10.7. The molecule has 1 N–H and O–H groups in total. The fraction of sp³-hybridized carbons (Fsp3) is 0.368. The zero-order valence-electron chi connectivity index (χ0n) is 13.8. The predicted molar refractivity (Wildman–Crippen MR) is 90.4 cm³/mol. The number of rotatable bonds is 4. The number of carbonyl (C=O) groups excluding carboxylic acids is 1. The number of carbonyl (C=O) groups is 1. The Morgan fingerprint density at radius 2 is 2.04 bits per heavy atom. The van der Waals surface area contributed by atoms with Gasteiger partial charge in [0.05, 0.1) is 5.56 Å². The molecule has 128 valence electrons. The van der Waals surface area contributed by atoms with Crippen molar-refractivity contribution in [1.29, 1.82) is 5.26 Å². The van der Waals surface area contributed by atoms with Crippen LogP contribution in [0.3, 0.4) is 0 Å². The van der Waals surface area contributed by atoms with Crippen LogP contribution in [0.1, 0.15) is 28.8 Å². The second kappa shape index (κ2) is 6.61. The molecule has 1 atom stereocenters. The van der Waals surface area contributed by atoms with E-state index in [1.807, 2.05) is 6.07 Å². The molecule has 3 aliphatic rings. The average molecular weight is 337 g/mol. The van der Waals surface area contributed by atoms with Crippen LogP contribution in [-0.2, 0) is 0 Å². The van der Waals surface area contributed by atoms with Crippen molar-refractivity contribution >= 4 is 5.91 Å². The third kappa shape index (κ3) is 3.37. The van der Waals surface area contributed by atoms with Crippen molar-refractivity contribution in [2.45, 2.75) is 18.9 Å². The lowest BCUT2D eigenvalue weighted by atomic mass is 9.84. The summed E-state index contributed by atoms with van der Waals surface area (Å²) in [6.07, 6.45) is 3.68. The van der Waals surface area contributed by atoms with E-state index in [1.54, 1.807) is 24.3 Å². The van der Waals surface area contributed by atoms with Crippen molar-refractivity contribution in [3.05, 3.63) is 47.7 Å². The molecule has 25 heavy (non-hydrogen) atoms. The maximum atomic E-state index is 12.5. The molecule has 0 saturated carbocycles. The van der Waals surface area contributed by atoms with E-state index in [-0.39, 0.29) is 17.9 Å². The number of nitrogens with one attached hydrogen (secondary N) is 1. The van der Waals surface area contributed by atoms with Gasteiger partial charge in [0.2, 0.25) is 0 Å². The molecule has 5 rings (SSSR count). The third-order valence-corrected chi connectivity index (χ3v) is 5.01. The topological polar surface area (TPSA) is 78.5 Å². The van der Waals surface area contributed by atoms with Crippen LogP contribution in [0.5, 0.6) is 11.7 Å². The number of benzene rings is 1. The summed E-state index contributed by atoms with van der Waals surface area (Å²) in [4.78, 5) is 14.9. The van der Waals surface area contributed by atoms with E-state index in [2.05, 4.69) is 10.2 Å². The van der Waals surface area contributed by atoms with Crippen molar-refractivity contribution in [2.75, 3.05) is 19.6 Å². The largest absolute Gasteiger partial charge is 0.433 e. The standard InChI is InChI=1S/C19H19N3O3/c20-10-13-9-18(24-12-13)25-16-3-1-15(2-4-16)19(23)21-17-11-22-7-5-14(17)6-8-22/h1-4,9,12,14,17H,5-8,11H2,(H,21,23). The predicted octanol–water partition coefficient (Wildman–Crippen LogP) is 2.77. The molecule has 6 nitrogen and oxygen atoms in total. The summed E-state index contributed by atoms with van der Waals surface area (Å²) in [7, 11) is 0. The third-order valence-electron chi connectivity index (χ3n) is 5.01. The summed E-state index contributed by atoms with van der Waals surface area (Å²) < 4.78 is 10.7. The fourth-order valence-electron chi connectivity index (χ4n) is 3.60. The molecule has 4 heterocycles. The van der Waals surface area contributed by atoms with Gasteiger partial charge in [0.15, 0.2) is 0 Å². The van der Waals surface area contributed by atoms with Crippen LogP contribution in [-0.4, -0.2) is 36.5 Å². The van der Waals surface area contributed by atoms with Crippen molar-refractivity contribution in [3.63, 3.8) is 0 Å². The number of fused-ring (bicyclic) bond motifs is 3. The van der Waals surface area contributed by atoms with Gasteiger partial charge in [0.1, 0.15) is 18.1 Å². The molecule has 2 bridgehead atoms. The maximum absolute atomic E-state index is 12.5. The molecule has 0 spiro atoms. The van der Waals surface area contributed by atoms with E-state index in [4.69, 9.17) is 14.4 Å². The molecule has 3 fully saturated rings. The average Bonchev–Trinajstić information content (AvgIpc) is 3.11. The maximum Gasteiger partial charge on any atom is 0.291 e. The number of piperidine rings is 3. The highest BCUT2D eigenvalue weighted by Crippen LogP contribution is 2.28. The first-order valence-electron chi connectivity index (χ1n) is 8.51. The first-order valence-corrected chi connectivity index (χ1v) is 8.51. The Bertz CT molecular complexity index is 798. The Morgan fingerprint density at radius 1 is 1.28 bits per heavy atom. The lowest BCUT2D eigenvalue weighted by Crippen LogP contribution is -2.57. The van der Waals surface area contributed by atoms with Crippen LogP contribution >= 0.6 is 0 Å². The number of nitrogens with zero attached hydrogens (tertiary/aromatic N) is 2. The van der Waals surface area contributed by atoms with Crippen LogP contribution in [0.25, 0.3) is 0 Å². The molecular weight excluding hydrogens is 318 g/mol. The summed E-state index contributed by atoms with van der Waals surface area (Å²) in [5.41, 5.74) is 1.02. The highest BCUT2D eigenvalue weighted by atomic mass is 16.6. The SMILES string of the molecule is N#Cc1coc(Oc2ccc(C(=O)NC3CN4CCC3CC4)cc2)c1. The van der Waals surface area contributed by atoms with Gasteiger partial charge >= 0.3 is 0 Å². The van der Waals surface area contributed by atoms with E-state index in [0.717, 1.165) is 19.6 Å². The second-order valence-electron chi connectivity index (χ2n) is 6.61. The first-order chi connectivity index (χ1) is 12.2. The smallest absolute Gasteiger partial charge is 0.291 e. The molecule has 3 saturated heterocycles. The molecule has 0 radical (unpaired) electrons. The lowest BCUT2D eigenvalue weighted by molar-refractivity contribution is 0.0620. The van der Waals surface area contributed by atoms with Crippen molar-refractivity contribution in [1.82, 2.24) is 10.2 Å². The highest BCUT2D eigenvalue weighted by Gasteiger charge is 2.34. The van der Waals surface area contributed by atoms with Gasteiger partial charge in [-0.25, -0.2) is 0 Å². The molecule has 3 aliphatic heterocycles. The van der Waals surface area contributed by atoms with Crippen LogP contribution in [0, 0.1) is 17.2 Å². The highest BCUT2D eigenvalue weighted by molar-refractivity contribution is 5.94. The monoisotopic (exact) mass is 337 g/mol. The van der Waals surface area contributed by atoms with Crippen molar-refractivity contribution in [2.24, 2.45) is 5.92 Å². The Balaban J connectivity index is 1.38.